The first-order valence-corrected chi connectivity index (χ1v) is 8.47. The van der Waals surface area contributed by atoms with Gasteiger partial charge in [-0.15, -0.1) is 0 Å². The molecule has 2 heterocycles. The summed E-state index contributed by atoms with van der Waals surface area (Å²) in [6.07, 6.45) is 0.891. The van der Waals surface area contributed by atoms with Crippen LogP contribution in [0.3, 0.4) is 0 Å². The van der Waals surface area contributed by atoms with E-state index in [0.717, 1.165) is 17.9 Å². The number of aromatic nitrogens is 2. The van der Waals surface area contributed by atoms with E-state index in [0.29, 0.717) is 17.9 Å². The maximum atomic E-state index is 12.4. The standard InChI is InChI=1S/C10H18N4O2S2/c1-7-10(9(5-11-2)13-12-7)18(15,16)14-8-3-4-17-6-8/h8,11,14H,3-6H2,1-2H3,(H,12,13). The third-order valence-electron chi connectivity index (χ3n) is 2.83. The van der Waals surface area contributed by atoms with Gasteiger partial charge in [0.05, 0.1) is 11.4 Å². The zero-order valence-corrected chi connectivity index (χ0v) is 12.1. The second-order valence-electron chi connectivity index (χ2n) is 4.34. The number of hydrogen-bond donors (Lipinski definition) is 3. The van der Waals surface area contributed by atoms with Crippen LogP contribution in [-0.4, -0.2) is 43.2 Å². The van der Waals surface area contributed by atoms with E-state index in [2.05, 4.69) is 20.2 Å². The van der Waals surface area contributed by atoms with E-state index in [-0.39, 0.29) is 10.9 Å². The van der Waals surface area contributed by atoms with Gasteiger partial charge in [0, 0.05) is 18.3 Å². The van der Waals surface area contributed by atoms with E-state index in [1.54, 1.807) is 25.7 Å². The lowest BCUT2D eigenvalue weighted by atomic mass is 10.3. The zero-order chi connectivity index (χ0) is 13.2. The molecule has 8 heteroatoms. The molecular weight excluding hydrogens is 272 g/mol. The van der Waals surface area contributed by atoms with Crippen molar-refractivity contribution in [1.29, 1.82) is 0 Å². The first-order valence-electron chi connectivity index (χ1n) is 5.83. The van der Waals surface area contributed by atoms with Crippen LogP contribution >= 0.6 is 11.8 Å². The molecule has 1 aromatic rings. The Morgan fingerprint density at radius 1 is 1.56 bits per heavy atom. The van der Waals surface area contributed by atoms with Crippen LogP contribution in [0.25, 0.3) is 0 Å². The molecule has 1 atom stereocenters. The molecule has 0 amide bonds. The van der Waals surface area contributed by atoms with Crippen LogP contribution in [0.5, 0.6) is 0 Å². The number of aromatic amines is 1. The smallest absolute Gasteiger partial charge is 0.244 e. The van der Waals surface area contributed by atoms with Crippen LogP contribution in [0, 0.1) is 6.92 Å². The maximum Gasteiger partial charge on any atom is 0.244 e. The van der Waals surface area contributed by atoms with Crippen LogP contribution in [0.1, 0.15) is 17.8 Å². The average Bonchev–Trinajstić information content (AvgIpc) is 2.89. The van der Waals surface area contributed by atoms with E-state index in [1.165, 1.54) is 0 Å². The van der Waals surface area contributed by atoms with E-state index >= 15 is 0 Å². The molecule has 0 spiro atoms. The van der Waals surface area contributed by atoms with Crippen LogP contribution < -0.4 is 10.0 Å². The SMILES string of the molecule is CNCc1n[nH]c(C)c1S(=O)(=O)NC1CCSC1. The van der Waals surface area contributed by atoms with Gasteiger partial charge >= 0.3 is 0 Å². The number of H-pyrrole nitrogens is 1. The average molecular weight is 290 g/mol. The topological polar surface area (TPSA) is 86.9 Å². The first-order chi connectivity index (χ1) is 8.54. The minimum Gasteiger partial charge on any atom is -0.314 e. The minimum atomic E-state index is -3.48. The predicted octanol–water partition coefficient (Wildman–Crippen LogP) is 0.221. The van der Waals surface area contributed by atoms with Gasteiger partial charge in [-0.1, -0.05) is 0 Å². The number of rotatable bonds is 5. The molecule has 2 rings (SSSR count). The van der Waals surface area contributed by atoms with Crippen molar-refractivity contribution in [2.75, 3.05) is 18.6 Å². The lowest BCUT2D eigenvalue weighted by Crippen LogP contribution is -2.35. The molecule has 102 valence electrons. The summed E-state index contributed by atoms with van der Waals surface area (Å²) in [5.41, 5.74) is 1.12. The molecular formula is C10H18N4O2S2. The van der Waals surface area contributed by atoms with Gasteiger partial charge in [-0.3, -0.25) is 5.10 Å². The van der Waals surface area contributed by atoms with E-state index in [9.17, 15) is 8.42 Å². The van der Waals surface area contributed by atoms with Crippen molar-refractivity contribution in [3.8, 4) is 0 Å². The highest BCUT2D eigenvalue weighted by Crippen LogP contribution is 2.22. The highest BCUT2D eigenvalue weighted by molar-refractivity contribution is 7.99. The highest BCUT2D eigenvalue weighted by atomic mass is 32.2. The molecule has 0 aromatic carbocycles. The van der Waals surface area contributed by atoms with Crippen molar-refractivity contribution >= 4 is 21.8 Å². The number of sulfonamides is 1. The molecule has 1 fully saturated rings. The quantitative estimate of drug-likeness (QED) is 0.722. The summed E-state index contributed by atoms with van der Waals surface area (Å²) in [4.78, 5) is 0.286. The largest absolute Gasteiger partial charge is 0.314 e. The summed E-state index contributed by atoms with van der Waals surface area (Å²) >= 11 is 1.78. The van der Waals surface area contributed by atoms with Crippen molar-refractivity contribution in [3.63, 3.8) is 0 Å². The van der Waals surface area contributed by atoms with Gasteiger partial charge in [-0.05, 0) is 26.1 Å². The monoisotopic (exact) mass is 290 g/mol. The summed E-state index contributed by atoms with van der Waals surface area (Å²) in [5, 5.41) is 9.70. The normalized spacial score (nSPS) is 20.4. The van der Waals surface area contributed by atoms with Gasteiger partial charge in [0.15, 0.2) is 0 Å². The molecule has 0 aliphatic carbocycles. The summed E-state index contributed by atoms with van der Waals surface area (Å²) in [7, 11) is -1.72. The molecule has 0 saturated carbocycles. The van der Waals surface area contributed by atoms with Gasteiger partial charge in [-0.2, -0.15) is 16.9 Å². The summed E-state index contributed by atoms with van der Waals surface area (Å²) in [6.45, 7) is 2.16. The minimum absolute atomic E-state index is 0.0386. The van der Waals surface area contributed by atoms with Gasteiger partial charge in [0.1, 0.15) is 4.90 Å². The zero-order valence-electron chi connectivity index (χ0n) is 10.5. The Kier molecular flexibility index (Phi) is 4.31. The number of nitrogens with zero attached hydrogens (tertiary/aromatic N) is 1. The molecule has 1 aliphatic rings. The van der Waals surface area contributed by atoms with Gasteiger partial charge in [0.25, 0.3) is 0 Å². The fourth-order valence-electron chi connectivity index (χ4n) is 2.02. The Balaban J connectivity index is 2.25. The van der Waals surface area contributed by atoms with Gasteiger partial charge in [-0.25, -0.2) is 13.1 Å². The van der Waals surface area contributed by atoms with Crippen molar-refractivity contribution < 1.29 is 8.42 Å². The fraction of sp³-hybridized carbons (Fsp3) is 0.700. The van der Waals surface area contributed by atoms with Crippen LogP contribution in [0.2, 0.25) is 0 Å². The Bertz CT molecular complexity index is 506. The van der Waals surface area contributed by atoms with E-state index < -0.39 is 10.0 Å². The van der Waals surface area contributed by atoms with E-state index in [4.69, 9.17) is 0 Å². The van der Waals surface area contributed by atoms with Crippen LogP contribution in [0.15, 0.2) is 4.90 Å². The maximum absolute atomic E-state index is 12.4. The third kappa shape index (κ3) is 2.87. The molecule has 1 aromatic heterocycles. The second-order valence-corrected chi connectivity index (χ2v) is 7.14. The number of thioether (sulfide) groups is 1. The van der Waals surface area contributed by atoms with Crippen molar-refractivity contribution in [3.05, 3.63) is 11.4 Å². The molecule has 18 heavy (non-hydrogen) atoms. The summed E-state index contributed by atoms with van der Waals surface area (Å²) in [5.74, 6) is 1.86. The predicted molar refractivity (Wildman–Crippen MR) is 72.1 cm³/mol. The fourth-order valence-corrected chi connectivity index (χ4v) is 4.91. The molecule has 1 aliphatic heterocycles. The summed E-state index contributed by atoms with van der Waals surface area (Å²) < 4.78 is 27.5. The number of aryl methyl sites for hydroxylation is 1. The Morgan fingerprint density at radius 3 is 2.94 bits per heavy atom. The Labute approximate surface area is 111 Å². The molecule has 6 nitrogen and oxygen atoms in total. The number of nitrogens with one attached hydrogen (secondary N) is 3. The van der Waals surface area contributed by atoms with Crippen LogP contribution in [-0.2, 0) is 16.6 Å². The Morgan fingerprint density at radius 2 is 2.33 bits per heavy atom. The lowest BCUT2D eigenvalue weighted by molar-refractivity contribution is 0.561. The highest BCUT2D eigenvalue weighted by Gasteiger charge is 2.28. The molecule has 0 radical (unpaired) electrons. The van der Waals surface area contributed by atoms with Gasteiger partial charge < -0.3 is 5.32 Å². The lowest BCUT2D eigenvalue weighted by Gasteiger charge is -2.12. The molecule has 0 bridgehead atoms. The summed E-state index contributed by atoms with van der Waals surface area (Å²) in [6, 6.07) is 0.0386. The first kappa shape index (κ1) is 13.9. The Hall–Kier alpha value is -0.570. The molecule has 3 N–H and O–H groups in total. The van der Waals surface area contributed by atoms with Gasteiger partial charge in [0.2, 0.25) is 10.0 Å². The number of hydrogen-bond acceptors (Lipinski definition) is 5. The molecule has 1 unspecified atom stereocenters. The van der Waals surface area contributed by atoms with Crippen molar-refractivity contribution in [2.24, 2.45) is 0 Å². The van der Waals surface area contributed by atoms with E-state index in [1.807, 2.05) is 0 Å². The second kappa shape index (κ2) is 5.60. The van der Waals surface area contributed by atoms with Crippen molar-refractivity contribution in [1.82, 2.24) is 20.2 Å². The third-order valence-corrected chi connectivity index (χ3v) is 5.71. The van der Waals surface area contributed by atoms with Crippen LogP contribution in [0.4, 0.5) is 0 Å². The molecule has 1 saturated heterocycles. The van der Waals surface area contributed by atoms with Crippen molar-refractivity contribution in [2.45, 2.75) is 30.8 Å².